The second-order valence-corrected chi connectivity index (χ2v) is 3.88. The van der Waals surface area contributed by atoms with E-state index in [2.05, 4.69) is 10.2 Å². The second-order valence-electron chi connectivity index (χ2n) is 3.88. The van der Waals surface area contributed by atoms with Crippen LogP contribution in [0, 0.1) is 0 Å². The van der Waals surface area contributed by atoms with Crippen molar-refractivity contribution < 1.29 is 4.74 Å². The molecule has 0 aliphatic heterocycles. The van der Waals surface area contributed by atoms with Crippen LogP contribution in [0.3, 0.4) is 0 Å². The smallest absolute Gasteiger partial charge is 0.343 e. The molecule has 2 aromatic rings. The lowest BCUT2D eigenvalue weighted by molar-refractivity contribution is 0.0446. The predicted molar refractivity (Wildman–Crippen MR) is 63.5 cm³/mol. The van der Waals surface area contributed by atoms with E-state index in [1.165, 1.54) is 4.57 Å². The van der Waals surface area contributed by atoms with Crippen LogP contribution in [-0.4, -0.2) is 14.8 Å². The van der Waals surface area contributed by atoms with Crippen LogP contribution in [0.25, 0.3) is 0 Å². The van der Waals surface area contributed by atoms with Gasteiger partial charge in [0.1, 0.15) is 6.10 Å². The molecule has 5 heteroatoms. The number of nitrogens with one attached hydrogen (secondary N) is 1. The molecule has 1 aromatic heterocycles. The third kappa shape index (κ3) is 2.62. The molecule has 90 valence electrons. The summed E-state index contributed by atoms with van der Waals surface area (Å²) in [7, 11) is 1.67. The van der Waals surface area contributed by atoms with E-state index in [1.807, 2.05) is 37.3 Å². The molecule has 1 atom stereocenters. The molecule has 0 fully saturated rings. The number of ether oxygens (including phenoxy) is 1. The molecule has 1 N–H and O–H groups in total. The third-order valence-corrected chi connectivity index (χ3v) is 2.62. The number of rotatable bonds is 4. The van der Waals surface area contributed by atoms with Crippen LogP contribution in [0.1, 0.15) is 24.4 Å². The Kier molecular flexibility index (Phi) is 3.39. The molecule has 5 nitrogen and oxygen atoms in total. The molecule has 0 saturated heterocycles. The first kappa shape index (κ1) is 11.6. The topological polar surface area (TPSA) is 59.9 Å². The summed E-state index contributed by atoms with van der Waals surface area (Å²) >= 11 is 0. The predicted octanol–water partition coefficient (Wildman–Crippen LogP) is 1.39. The van der Waals surface area contributed by atoms with Crippen molar-refractivity contribution in [2.24, 2.45) is 7.05 Å². The van der Waals surface area contributed by atoms with Gasteiger partial charge < -0.3 is 4.74 Å². The van der Waals surface area contributed by atoms with Gasteiger partial charge in [-0.3, -0.25) is 4.57 Å². The summed E-state index contributed by atoms with van der Waals surface area (Å²) in [5.74, 6) is 0.603. The van der Waals surface area contributed by atoms with Gasteiger partial charge in [-0.05, 0) is 12.5 Å². The van der Waals surface area contributed by atoms with E-state index in [4.69, 9.17) is 4.74 Å². The van der Waals surface area contributed by atoms with E-state index in [9.17, 15) is 4.79 Å². The fourth-order valence-corrected chi connectivity index (χ4v) is 1.59. The molecule has 0 aliphatic carbocycles. The normalized spacial score (nSPS) is 12.6. The van der Waals surface area contributed by atoms with Gasteiger partial charge in [0.15, 0.2) is 5.82 Å². The van der Waals surface area contributed by atoms with Gasteiger partial charge in [-0.15, -0.1) is 0 Å². The van der Waals surface area contributed by atoms with Gasteiger partial charge in [0.25, 0.3) is 0 Å². The molecule has 0 aliphatic rings. The van der Waals surface area contributed by atoms with Crippen LogP contribution in [0.5, 0.6) is 0 Å². The van der Waals surface area contributed by atoms with Crippen LogP contribution < -0.4 is 5.69 Å². The van der Waals surface area contributed by atoms with E-state index >= 15 is 0 Å². The highest BCUT2D eigenvalue weighted by atomic mass is 16.5. The Balaban J connectivity index is 2.01. The number of H-pyrrole nitrogens is 1. The zero-order valence-electron chi connectivity index (χ0n) is 9.88. The SMILES string of the molecule is C[C@H](OCc1ccccc1)c1n[nH]c(=O)n1C. The molecule has 0 bridgehead atoms. The van der Waals surface area contributed by atoms with Gasteiger partial charge >= 0.3 is 5.69 Å². The molecule has 0 amide bonds. The third-order valence-electron chi connectivity index (χ3n) is 2.62. The highest BCUT2D eigenvalue weighted by Gasteiger charge is 2.13. The van der Waals surface area contributed by atoms with Gasteiger partial charge in [0.2, 0.25) is 0 Å². The molecule has 0 radical (unpaired) electrons. The minimum absolute atomic E-state index is 0.223. The minimum atomic E-state index is -0.227. The molecule has 1 aromatic carbocycles. The highest BCUT2D eigenvalue weighted by Crippen LogP contribution is 2.14. The van der Waals surface area contributed by atoms with Gasteiger partial charge in [-0.25, -0.2) is 9.89 Å². The van der Waals surface area contributed by atoms with Crippen molar-refractivity contribution in [1.82, 2.24) is 14.8 Å². The summed E-state index contributed by atoms with van der Waals surface area (Å²) in [6, 6.07) is 9.89. The number of aromatic nitrogens is 3. The summed E-state index contributed by atoms with van der Waals surface area (Å²) in [5.41, 5.74) is 0.870. The Bertz CT molecular complexity index is 530. The number of hydrogen-bond acceptors (Lipinski definition) is 3. The monoisotopic (exact) mass is 233 g/mol. The summed E-state index contributed by atoms with van der Waals surface area (Å²) in [4.78, 5) is 11.2. The Morgan fingerprint density at radius 2 is 2.12 bits per heavy atom. The quantitative estimate of drug-likeness (QED) is 0.868. The van der Waals surface area contributed by atoms with Crippen molar-refractivity contribution in [3.05, 3.63) is 52.2 Å². The number of aromatic amines is 1. The zero-order valence-corrected chi connectivity index (χ0v) is 9.88. The zero-order chi connectivity index (χ0) is 12.3. The lowest BCUT2D eigenvalue weighted by Crippen LogP contribution is -2.16. The highest BCUT2D eigenvalue weighted by molar-refractivity contribution is 5.13. The van der Waals surface area contributed by atoms with Crippen molar-refractivity contribution in [2.45, 2.75) is 19.6 Å². The molecule has 0 spiro atoms. The molecule has 0 unspecified atom stereocenters. The van der Waals surface area contributed by atoms with Crippen molar-refractivity contribution >= 4 is 0 Å². The molecule has 0 saturated carbocycles. The van der Waals surface area contributed by atoms with Gasteiger partial charge in [0, 0.05) is 7.05 Å². The Morgan fingerprint density at radius 3 is 2.71 bits per heavy atom. The minimum Gasteiger partial charge on any atom is -0.366 e. The van der Waals surface area contributed by atoms with Crippen LogP contribution in [0.2, 0.25) is 0 Å². The first-order valence-electron chi connectivity index (χ1n) is 5.45. The van der Waals surface area contributed by atoms with Crippen LogP contribution >= 0.6 is 0 Å². The number of hydrogen-bond donors (Lipinski definition) is 1. The van der Waals surface area contributed by atoms with Crippen LogP contribution in [-0.2, 0) is 18.4 Å². The maximum Gasteiger partial charge on any atom is 0.343 e. The molecule has 17 heavy (non-hydrogen) atoms. The summed E-state index contributed by atoms with van der Waals surface area (Å²) in [6.07, 6.45) is -0.223. The Morgan fingerprint density at radius 1 is 1.41 bits per heavy atom. The van der Waals surface area contributed by atoms with Gasteiger partial charge in [0.05, 0.1) is 6.61 Å². The lowest BCUT2D eigenvalue weighted by atomic mass is 10.2. The van der Waals surface area contributed by atoms with Gasteiger partial charge in [-0.2, -0.15) is 5.10 Å². The molecule has 2 rings (SSSR count). The molecule has 1 heterocycles. The second kappa shape index (κ2) is 4.97. The maximum absolute atomic E-state index is 11.2. The van der Waals surface area contributed by atoms with E-state index in [0.717, 1.165) is 5.56 Å². The van der Waals surface area contributed by atoms with Crippen LogP contribution in [0.4, 0.5) is 0 Å². The summed E-state index contributed by atoms with van der Waals surface area (Å²) < 4.78 is 7.12. The first-order chi connectivity index (χ1) is 8.18. The summed E-state index contributed by atoms with van der Waals surface area (Å²) in [6.45, 7) is 2.38. The van der Waals surface area contributed by atoms with E-state index < -0.39 is 0 Å². The lowest BCUT2D eigenvalue weighted by Gasteiger charge is -2.11. The largest absolute Gasteiger partial charge is 0.366 e. The van der Waals surface area contributed by atoms with Crippen LogP contribution in [0.15, 0.2) is 35.1 Å². The van der Waals surface area contributed by atoms with E-state index in [0.29, 0.717) is 12.4 Å². The van der Waals surface area contributed by atoms with E-state index in [-0.39, 0.29) is 11.8 Å². The van der Waals surface area contributed by atoms with Crippen molar-refractivity contribution in [3.8, 4) is 0 Å². The molecular formula is C12H15N3O2. The first-order valence-corrected chi connectivity index (χ1v) is 5.45. The average Bonchev–Trinajstić information content (AvgIpc) is 2.69. The van der Waals surface area contributed by atoms with Crippen molar-refractivity contribution in [1.29, 1.82) is 0 Å². The van der Waals surface area contributed by atoms with E-state index in [1.54, 1.807) is 7.05 Å². The Labute approximate surface area is 99.1 Å². The Hall–Kier alpha value is -1.88. The summed E-state index contributed by atoms with van der Waals surface area (Å²) in [5, 5.41) is 6.32. The van der Waals surface area contributed by atoms with Crippen molar-refractivity contribution in [3.63, 3.8) is 0 Å². The standard InChI is InChI=1S/C12H15N3O2/c1-9(11-13-14-12(16)15(11)2)17-8-10-6-4-3-5-7-10/h3-7,9H,8H2,1-2H3,(H,14,16)/t9-/m0/s1. The fraction of sp³-hybridized carbons (Fsp3) is 0.333. The van der Waals surface area contributed by atoms with Gasteiger partial charge in [-0.1, -0.05) is 30.3 Å². The maximum atomic E-state index is 11.2. The van der Waals surface area contributed by atoms with Crippen molar-refractivity contribution in [2.75, 3.05) is 0 Å². The fourth-order valence-electron chi connectivity index (χ4n) is 1.59. The number of benzene rings is 1. The average molecular weight is 233 g/mol. The number of nitrogens with zero attached hydrogens (tertiary/aromatic N) is 2. The molecular weight excluding hydrogens is 218 g/mol.